The Labute approximate surface area is 203 Å². The number of nitrogens with zero attached hydrogens (tertiary/aromatic N) is 2. The minimum Gasteiger partial charge on any atom is -0.497 e. The number of benzene rings is 3. The highest BCUT2D eigenvalue weighted by Crippen LogP contribution is 2.35. The monoisotopic (exact) mass is 501 g/mol. The summed E-state index contributed by atoms with van der Waals surface area (Å²) in [5.74, 6) is 0.0210. The number of carbonyl (C=O) groups excluding carboxylic acids is 1. The van der Waals surface area contributed by atoms with E-state index in [-0.39, 0.29) is 16.3 Å². The van der Waals surface area contributed by atoms with Crippen molar-refractivity contribution in [3.63, 3.8) is 0 Å². The predicted octanol–water partition coefficient (Wildman–Crippen LogP) is 4.09. The van der Waals surface area contributed by atoms with Crippen LogP contribution in [0.3, 0.4) is 0 Å². The van der Waals surface area contributed by atoms with Gasteiger partial charge in [0, 0.05) is 11.1 Å². The van der Waals surface area contributed by atoms with Crippen molar-refractivity contribution in [1.29, 1.82) is 0 Å². The molecule has 34 heavy (non-hydrogen) atoms. The number of anilines is 1. The molecular formula is C24H24ClN3O5S. The van der Waals surface area contributed by atoms with Gasteiger partial charge >= 0.3 is 0 Å². The lowest BCUT2D eigenvalue weighted by molar-refractivity contribution is -0.119. The highest BCUT2D eigenvalue weighted by atomic mass is 35.5. The number of methoxy groups -OCH3 is 2. The average Bonchev–Trinajstić information content (AvgIpc) is 2.86. The fraction of sp³-hybridized carbons (Fsp3) is 0.167. The maximum Gasteiger partial charge on any atom is 0.264 e. The standard InChI is InChI=1S/C24H24ClN3O5S/c1-17(18-9-11-19(25)12-10-18)26-27-24(29)16-28(34(30,31)21-7-5-4-6-8-21)22-15-20(32-2)13-14-23(22)33-3/h4-15H,16H2,1-3H3,(H,27,29)/b26-17-. The van der Waals surface area contributed by atoms with Crippen LogP contribution in [0.5, 0.6) is 11.5 Å². The molecule has 0 spiro atoms. The molecule has 0 saturated heterocycles. The van der Waals surface area contributed by atoms with Crippen molar-refractivity contribution in [3.8, 4) is 11.5 Å². The molecule has 0 atom stereocenters. The second kappa shape index (κ2) is 11.0. The summed E-state index contributed by atoms with van der Waals surface area (Å²) in [5.41, 5.74) is 3.86. The van der Waals surface area contributed by atoms with Crippen molar-refractivity contribution < 1.29 is 22.7 Å². The number of hydrazone groups is 1. The van der Waals surface area contributed by atoms with Gasteiger partial charge in [-0.25, -0.2) is 13.8 Å². The molecule has 0 bridgehead atoms. The van der Waals surface area contributed by atoms with E-state index in [9.17, 15) is 13.2 Å². The molecule has 1 N–H and O–H groups in total. The summed E-state index contributed by atoms with van der Waals surface area (Å²) < 4.78 is 38.6. The van der Waals surface area contributed by atoms with Gasteiger partial charge in [0.25, 0.3) is 15.9 Å². The van der Waals surface area contributed by atoms with Gasteiger partial charge in [-0.1, -0.05) is 41.9 Å². The fourth-order valence-corrected chi connectivity index (χ4v) is 4.65. The molecular weight excluding hydrogens is 478 g/mol. The number of hydrogen-bond donors (Lipinski definition) is 1. The van der Waals surface area contributed by atoms with Gasteiger partial charge < -0.3 is 9.47 Å². The molecule has 0 radical (unpaired) electrons. The first-order valence-electron chi connectivity index (χ1n) is 10.1. The number of amides is 1. The topological polar surface area (TPSA) is 97.3 Å². The lowest BCUT2D eigenvalue weighted by Crippen LogP contribution is -2.40. The third-order valence-corrected chi connectivity index (χ3v) is 6.91. The summed E-state index contributed by atoms with van der Waals surface area (Å²) >= 11 is 5.91. The van der Waals surface area contributed by atoms with Crippen LogP contribution in [0, 0.1) is 0 Å². The number of halogens is 1. The molecule has 0 aromatic heterocycles. The summed E-state index contributed by atoms with van der Waals surface area (Å²) in [6.45, 7) is 1.17. The zero-order valence-electron chi connectivity index (χ0n) is 18.9. The Balaban J connectivity index is 1.96. The highest BCUT2D eigenvalue weighted by molar-refractivity contribution is 7.92. The van der Waals surface area contributed by atoms with Crippen molar-refractivity contribution in [3.05, 3.63) is 83.4 Å². The van der Waals surface area contributed by atoms with Crippen LogP contribution in [0.15, 0.2) is 82.8 Å². The summed E-state index contributed by atoms with van der Waals surface area (Å²) in [7, 11) is -1.25. The summed E-state index contributed by atoms with van der Waals surface area (Å²) in [4.78, 5) is 12.9. The predicted molar refractivity (Wildman–Crippen MR) is 132 cm³/mol. The molecule has 3 aromatic carbocycles. The Morgan fingerprint density at radius 3 is 2.29 bits per heavy atom. The van der Waals surface area contributed by atoms with Gasteiger partial charge in [-0.2, -0.15) is 5.10 Å². The molecule has 8 nitrogen and oxygen atoms in total. The largest absolute Gasteiger partial charge is 0.497 e. The molecule has 1 amide bonds. The van der Waals surface area contributed by atoms with E-state index in [1.54, 1.807) is 61.5 Å². The summed E-state index contributed by atoms with van der Waals surface area (Å²) in [6, 6.07) is 19.5. The Hall–Kier alpha value is -3.56. The van der Waals surface area contributed by atoms with Crippen LogP contribution in [-0.2, 0) is 14.8 Å². The molecule has 0 fully saturated rings. The van der Waals surface area contributed by atoms with Crippen LogP contribution in [0.25, 0.3) is 0 Å². The third kappa shape index (κ3) is 5.86. The summed E-state index contributed by atoms with van der Waals surface area (Å²) in [6.07, 6.45) is 0. The molecule has 10 heteroatoms. The van der Waals surface area contributed by atoms with Crippen molar-refractivity contribution in [2.45, 2.75) is 11.8 Å². The Morgan fingerprint density at radius 1 is 1.00 bits per heavy atom. The van der Waals surface area contributed by atoms with Crippen molar-refractivity contribution >= 4 is 38.9 Å². The van der Waals surface area contributed by atoms with Gasteiger partial charge in [-0.3, -0.25) is 9.10 Å². The first-order chi connectivity index (χ1) is 16.3. The first kappa shape index (κ1) is 25.1. The maximum atomic E-state index is 13.5. The number of carbonyl (C=O) groups is 1. The van der Waals surface area contributed by atoms with Crippen molar-refractivity contribution in [1.82, 2.24) is 5.43 Å². The fourth-order valence-electron chi connectivity index (χ4n) is 3.08. The van der Waals surface area contributed by atoms with Crippen LogP contribution in [-0.4, -0.2) is 40.8 Å². The van der Waals surface area contributed by atoms with Crippen LogP contribution in [0.2, 0.25) is 5.02 Å². The zero-order chi connectivity index (χ0) is 24.7. The molecule has 0 aliphatic heterocycles. The third-order valence-electron chi connectivity index (χ3n) is 4.88. The molecule has 3 rings (SSSR count). The van der Waals surface area contributed by atoms with Gasteiger partial charge in [0.2, 0.25) is 0 Å². The van der Waals surface area contributed by atoms with E-state index in [4.69, 9.17) is 21.1 Å². The number of sulfonamides is 1. The second-order valence-electron chi connectivity index (χ2n) is 7.10. The second-order valence-corrected chi connectivity index (χ2v) is 9.40. The number of rotatable bonds is 9. The van der Waals surface area contributed by atoms with Gasteiger partial charge in [0.1, 0.15) is 18.0 Å². The van der Waals surface area contributed by atoms with E-state index in [0.717, 1.165) is 9.87 Å². The average molecular weight is 502 g/mol. The van der Waals surface area contributed by atoms with E-state index >= 15 is 0 Å². The van der Waals surface area contributed by atoms with Gasteiger partial charge in [0.05, 0.1) is 30.5 Å². The highest BCUT2D eigenvalue weighted by Gasteiger charge is 2.29. The van der Waals surface area contributed by atoms with Crippen molar-refractivity contribution in [2.75, 3.05) is 25.1 Å². The minimum atomic E-state index is -4.13. The number of ether oxygens (including phenoxy) is 2. The minimum absolute atomic E-state index is 0.0218. The van der Waals surface area contributed by atoms with E-state index < -0.39 is 22.5 Å². The maximum absolute atomic E-state index is 13.5. The van der Waals surface area contributed by atoms with E-state index in [1.807, 2.05) is 0 Å². The number of nitrogens with one attached hydrogen (secondary N) is 1. The molecule has 0 aliphatic carbocycles. The van der Waals surface area contributed by atoms with Crippen LogP contribution in [0.1, 0.15) is 12.5 Å². The Bertz CT molecular complexity index is 1280. The normalized spacial score (nSPS) is 11.6. The molecule has 178 valence electrons. The Kier molecular flexibility index (Phi) is 8.14. The quantitative estimate of drug-likeness (QED) is 0.352. The van der Waals surface area contributed by atoms with E-state index in [0.29, 0.717) is 16.5 Å². The van der Waals surface area contributed by atoms with E-state index in [1.165, 1.54) is 32.4 Å². The molecule has 0 aliphatic rings. The zero-order valence-corrected chi connectivity index (χ0v) is 20.4. The van der Waals surface area contributed by atoms with Gasteiger partial charge in [-0.05, 0) is 48.9 Å². The van der Waals surface area contributed by atoms with Crippen LogP contribution in [0.4, 0.5) is 5.69 Å². The molecule has 0 saturated carbocycles. The molecule has 0 unspecified atom stereocenters. The van der Waals surface area contributed by atoms with Crippen LogP contribution >= 0.6 is 11.6 Å². The summed E-state index contributed by atoms with van der Waals surface area (Å²) in [5, 5.41) is 4.68. The SMILES string of the molecule is COc1ccc(OC)c(N(CC(=O)N/N=C(/C)c2ccc(Cl)cc2)S(=O)(=O)c2ccccc2)c1. The van der Waals surface area contributed by atoms with Gasteiger partial charge in [0.15, 0.2) is 0 Å². The lowest BCUT2D eigenvalue weighted by Gasteiger charge is -2.25. The Morgan fingerprint density at radius 2 is 1.68 bits per heavy atom. The number of hydrogen-bond acceptors (Lipinski definition) is 6. The van der Waals surface area contributed by atoms with Crippen LogP contribution < -0.4 is 19.2 Å². The smallest absolute Gasteiger partial charge is 0.264 e. The first-order valence-corrected chi connectivity index (χ1v) is 12.0. The van der Waals surface area contributed by atoms with E-state index in [2.05, 4.69) is 10.5 Å². The van der Waals surface area contributed by atoms with Gasteiger partial charge in [-0.15, -0.1) is 0 Å². The molecule has 0 heterocycles. The molecule has 3 aromatic rings. The lowest BCUT2D eigenvalue weighted by atomic mass is 10.1. The van der Waals surface area contributed by atoms with Crippen molar-refractivity contribution in [2.24, 2.45) is 5.10 Å².